The zero-order valence-electron chi connectivity index (χ0n) is 7.01. The number of hydrogen-bond donors (Lipinski definition) is 3. The molecule has 1 fully saturated rings. The highest BCUT2D eigenvalue weighted by Gasteiger charge is 2.37. The van der Waals surface area contributed by atoms with E-state index in [4.69, 9.17) is 20.3 Å². The number of hydrogen-bond acceptors (Lipinski definition) is 5. The Morgan fingerprint density at radius 3 is 2.83 bits per heavy atom. The summed E-state index contributed by atoms with van der Waals surface area (Å²) in [5, 5.41) is 18.3. The second-order valence-electron chi connectivity index (χ2n) is 2.91. The first-order valence-electron chi connectivity index (χ1n) is 3.89. The zero-order valence-corrected chi connectivity index (χ0v) is 7.01. The molecule has 4 atom stereocenters. The van der Waals surface area contributed by atoms with Gasteiger partial charge in [-0.1, -0.05) is 0 Å². The van der Waals surface area contributed by atoms with E-state index in [1.54, 1.807) is 0 Å². The normalized spacial score (nSPS) is 43.0. The molecule has 0 amide bonds. The molecule has 0 saturated carbocycles. The monoisotopic (exact) mass is 177 g/mol. The van der Waals surface area contributed by atoms with Crippen molar-refractivity contribution in [2.24, 2.45) is 5.73 Å². The van der Waals surface area contributed by atoms with Crippen LogP contribution in [0.1, 0.15) is 0 Å². The van der Waals surface area contributed by atoms with Crippen LogP contribution in [0.25, 0.3) is 0 Å². The number of rotatable bonds is 2. The van der Waals surface area contributed by atoms with Crippen molar-refractivity contribution in [2.45, 2.75) is 24.4 Å². The maximum atomic E-state index is 9.50. The molecule has 0 aromatic rings. The molecule has 4 N–H and O–H groups in total. The smallest absolute Gasteiger partial charge is 0.113 e. The van der Waals surface area contributed by atoms with Gasteiger partial charge in [0.2, 0.25) is 0 Å². The largest absolute Gasteiger partial charge is 0.394 e. The molecular weight excluding hydrogens is 162 g/mol. The van der Waals surface area contributed by atoms with Crippen LogP contribution in [0.4, 0.5) is 0 Å². The molecule has 5 heteroatoms. The molecule has 0 aromatic heterocycles. The Morgan fingerprint density at radius 1 is 1.67 bits per heavy atom. The first kappa shape index (κ1) is 9.88. The molecule has 0 bridgehead atoms. The van der Waals surface area contributed by atoms with E-state index in [1.165, 1.54) is 7.11 Å². The molecule has 3 unspecified atom stereocenters. The zero-order chi connectivity index (χ0) is 9.14. The fourth-order valence-electron chi connectivity index (χ4n) is 1.34. The molecular formula is C7H15NO4. The predicted octanol–water partition coefficient (Wildman–Crippen LogP) is -1.92. The van der Waals surface area contributed by atoms with Gasteiger partial charge in [0, 0.05) is 7.11 Å². The minimum atomic E-state index is -0.763. The molecule has 0 spiro atoms. The maximum Gasteiger partial charge on any atom is 0.113 e. The Morgan fingerprint density at radius 2 is 2.33 bits per heavy atom. The van der Waals surface area contributed by atoms with Crippen molar-refractivity contribution in [3.05, 3.63) is 0 Å². The summed E-state index contributed by atoms with van der Waals surface area (Å²) < 4.78 is 10.1. The van der Waals surface area contributed by atoms with E-state index >= 15 is 0 Å². The van der Waals surface area contributed by atoms with Gasteiger partial charge < -0.3 is 25.4 Å². The number of aliphatic hydroxyl groups excluding tert-OH is 2. The molecule has 12 heavy (non-hydrogen) atoms. The third-order valence-corrected chi connectivity index (χ3v) is 2.10. The van der Waals surface area contributed by atoms with Crippen LogP contribution in [0, 0.1) is 0 Å². The minimum absolute atomic E-state index is 0.164. The van der Waals surface area contributed by atoms with Gasteiger partial charge in [0.15, 0.2) is 0 Å². The van der Waals surface area contributed by atoms with Crippen LogP contribution in [0.2, 0.25) is 0 Å². The molecule has 1 aliphatic rings. The lowest BCUT2D eigenvalue weighted by atomic mass is 9.99. The van der Waals surface area contributed by atoms with Crippen LogP contribution in [0.3, 0.4) is 0 Å². The highest BCUT2D eigenvalue weighted by Crippen LogP contribution is 2.16. The quantitative estimate of drug-likeness (QED) is 0.458. The summed E-state index contributed by atoms with van der Waals surface area (Å²) in [6.07, 6.45) is -1.76. The SMILES string of the molecule is CO[C@@H]1C(CO)OCC(N)C1O. The van der Waals surface area contributed by atoms with Crippen molar-refractivity contribution in [1.29, 1.82) is 0 Å². The van der Waals surface area contributed by atoms with Gasteiger partial charge >= 0.3 is 0 Å². The summed E-state index contributed by atoms with van der Waals surface area (Å²) in [6.45, 7) is 0.0918. The molecule has 0 aliphatic carbocycles. The van der Waals surface area contributed by atoms with E-state index in [0.717, 1.165) is 0 Å². The Bertz CT molecular complexity index is 141. The van der Waals surface area contributed by atoms with Gasteiger partial charge in [-0.15, -0.1) is 0 Å². The summed E-state index contributed by atoms with van der Waals surface area (Å²) in [6, 6.07) is -0.433. The van der Waals surface area contributed by atoms with Gasteiger partial charge in [-0.2, -0.15) is 0 Å². The van der Waals surface area contributed by atoms with Gasteiger partial charge in [-0.05, 0) is 0 Å². The second-order valence-corrected chi connectivity index (χ2v) is 2.91. The minimum Gasteiger partial charge on any atom is -0.394 e. The summed E-state index contributed by atoms with van der Waals surface area (Å²) in [5.41, 5.74) is 5.52. The number of methoxy groups -OCH3 is 1. The first-order chi connectivity index (χ1) is 5.70. The van der Waals surface area contributed by atoms with Crippen LogP contribution < -0.4 is 5.73 Å². The van der Waals surface area contributed by atoms with E-state index in [1.807, 2.05) is 0 Å². The lowest BCUT2D eigenvalue weighted by Gasteiger charge is -2.37. The average Bonchev–Trinajstić information content (AvgIpc) is 2.09. The van der Waals surface area contributed by atoms with E-state index < -0.39 is 24.4 Å². The molecule has 1 heterocycles. The van der Waals surface area contributed by atoms with Crippen molar-refractivity contribution in [2.75, 3.05) is 20.3 Å². The van der Waals surface area contributed by atoms with Crippen molar-refractivity contribution in [3.8, 4) is 0 Å². The highest BCUT2D eigenvalue weighted by molar-refractivity contribution is 4.89. The Hall–Kier alpha value is -0.200. The van der Waals surface area contributed by atoms with E-state index in [9.17, 15) is 5.11 Å². The van der Waals surface area contributed by atoms with Gasteiger partial charge in [-0.3, -0.25) is 0 Å². The predicted molar refractivity (Wildman–Crippen MR) is 41.6 cm³/mol. The molecule has 72 valence electrons. The van der Waals surface area contributed by atoms with Crippen molar-refractivity contribution >= 4 is 0 Å². The summed E-state index contributed by atoms with van der Waals surface area (Å²) in [4.78, 5) is 0. The van der Waals surface area contributed by atoms with Gasteiger partial charge in [-0.25, -0.2) is 0 Å². The average molecular weight is 177 g/mol. The molecule has 0 radical (unpaired) electrons. The van der Waals surface area contributed by atoms with Gasteiger partial charge in [0.05, 0.1) is 19.3 Å². The highest BCUT2D eigenvalue weighted by atomic mass is 16.6. The Labute approximate surface area is 71.1 Å². The van der Waals surface area contributed by atoms with E-state index in [-0.39, 0.29) is 13.2 Å². The Balaban J connectivity index is 2.58. The van der Waals surface area contributed by atoms with Crippen LogP contribution in [-0.4, -0.2) is 54.9 Å². The number of ether oxygens (including phenoxy) is 2. The molecule has 1 saturated heterocycles. The van der Waals surface area contributed by atoms with Gasteiger partial charge in [0.1, 0.15) is 18.3 Å². The molecule has 1 aliphatic heterocycles. The van der Waals surface area contributed by atoms with E-state index in [2.05, 4.69) is 0 Å². The topological polar surface area (TPSA) is 84.9 Å². The third-order valence-electron chi connectivity index (χ3n) is 2.10. The second kappa shape index (κ2) is 4.15. The van der Waals surface area contributed by atoms with Crippen molar-refractivity contribution in [3.63, 3.8) is 0 Å². The third kappa shape index (κ3) is 1.75. The molecule has 1 rings (SSSR count). The lowest BCUT2D eigenvalue weighted by molar-refractivity contribution is -0.167. The van der Waals surface area contributed by atoms with Crippen LogP contribution >= 0.6 is 0 Å². The van der Waals surface area contributed by atoms with Crippen LogP contribution in [0.5, 0.6) is 0 Å². The van der Waals surface area contributed by atoms with E-state index in [0.29, 0.717) is 0 Å². The fraction of sp³-hybridized carbons (Fsp3) is 1.00. The van der Waals surface area contributed by atoms with Crippen molar-refractivity contribution in [1.82, 2.24) is 0 Å². The van der Waals surface area contributed by atoms with Gasteiger partial charge in [0.25, 0.3) is 0 Å². The summed E-state index contributed by atoms with van der Waals surface area (Å²) in [7, 11) is 1.46. The fourth-order valence-corrected chi connectivity index (χ4v) is 1.34. The summed E-state index contributed by atoms with van der Waals surface area (Å²) >= 11 is 0. The molecule has 5 nitrogen and oxygen atoms in total. The van der Waals surface area contributed by atoms with Crippen LogP contribution in [-0.2, 0) is 9.47 Å². The molecule has 0 aromatic carbocycles. The van der Waals surface area contributed by atoms with Crippen molar-refractivity contribution < 1.29 is 19.7 Å². The summed E-state index contributed by atoms with van der Waals surface area (Å²) in [5.74, 6) is 0. The lowest BCUT2D eigenvalue weighted by Crippen LogP contribution is -2.58. The van der Waals surface area contributed by atoms with Crippen LogP contribution in [0.15, 0.2) is 0 Å². The standard InChI is InChI=1S/C7H15NO4/c1-11-7-5(2-9)12-3-4(8)6(7)10/h4-7,9-10H,2-3,8H2,1H3/t4?,5?,6?,7-/m1/s1. The maximum absolute atomic E-state index is 9.50. The number of nitrogens with two attached hydrogens (primary N) is 1. The first-order valence-corrected chi connectivity index (χ1v) is 3.89. The Kier molecular flexibility index (Phi) is 3.42. The number of aliphatic hydroxyl groups is 2.